The molecule has 0 spiro atoms. The first-order valence-corrected chi connectivity index (χ1v) is 8.04. The van der Waals surface area contributed by atoms with Gasteiger partial charge in [0.1, 0.15) is 0 Å². The van der Waals surface area contributed by atoms with Crippen molar-refractivity contribution in [3.63, 3.8) is 0 Å². The highest BCUT2D eigenvalue weighted by molar-refractivity contribution is 7.15. The maximum Gasteiger partial charge on any atom is 0.193 e. The van der Waals surface area contributed by atoms with Crippen molar-refractivity contribution < 1.29 is 0 Å². The maximum absolute atomic E-state index is 4.59. The van der Waals surface area contributed by atoms with Crippen LogP contribution < -0.4 is 5.32 Å². The average Bonchev–Trinajstić information content (AvgIpc) is 3.00. The van der Waals surface area contributed by atoms with Crippen LogP contribution in [0.1, 0.15) is 34.0 Å². The monoisotopic (exact) mass is 291 g/mol. The van der Waals surface area contributed by atoms with Crippen molar-refractivity contribution in [2.24, 2.45) is 0 Å². The van der Waals surface area contributed by atoms with E-state index in [9.17, 15) is 0 Å². The second kappa shape index (κ2) is 5.07. The summed E-state index contributed by atoms with van der Waals surface area (Å²) in [5, 5.41) is 5.61. The number of hydrogen-bond acceptors (Lipinski definition) is 4. The molecule has 3 rings (SSSR count). The molecule has 3 heterocycles. The lowest BCUT2D eigenvalue weighted by molar-refractivity contribution is 0.568. The van der Waals surface area contributed by atoms with E-state index in [0.717, 1.165) is 17.2 Å². The Balaban J connectivity index is 1.68. The minimum atomic E-state index is 0.365. The Labute approximate surface area is 120 Å². The summed E-state index contributed by atoms with van der Waals surface area (Å²) in [4.78, 5) is 8.43. The van der Waals surface area contributed by atoms with Gasteiger partial charge in [-0.15, -0.1) is 22.7 Å². The highest BCUT2D eigenvalue weighted by Crippen LogP contribution is 2.26. The Kier molecular flexibility index (Phi) is 3.43. The summed E-state index contributed by atoms with van der Waals surface area (Å²) < 4.78 is 2.08. The standard InChI is InChI=1S/C14H17N3S2/c1-9-6-13(11(3)19-9)10(2)15-7-12-8-17-4-5-18-14(17)16-12/h4-6,8,10,15H,7H2,1-3H3. The molecule has 0 aliphatic heterocycles. The van der Waals surface area contributed by atoms with Crippen molar-refractivity contribution in [1.82, 2.24) is 14.7 Å². The fraction of sp³-hybridized carbons (Fsp3) is 0.357. The predicted molar refractivity (Wildman–Crippen MR) is 82.1 cm³/mol. The molecule has 1 unspecified atom stereocenters. The molecule has 1 N–H and O–H groups in total. The lowest BCUT2D eigenvalue weighted by Crippen LogP contribution is -2.18. The fourth-order valence-electron chi connectivity index (χ4n) is 2.31. The molecule has 0 fully saturated rings. The molecule has 3 aromatic heterocycles. The third kappa shape index (κ3) is 2.59. The van der Waals surface area contributed by atoms with Crippen LogP contribution in [0.15, 0.2) is 23.8 Å². The zero-order valence-electron chi connectivity index (χ0n) is 11.3. The van der Waals surface area contributed by atoms with Gasteiger partial charge in [0, 0.05) is 40.1 Å². The molecule has 0 radical (unpaired) electrons. The SMILES string of the molecule is Cc1cc(C(C)NCc2cn3ccsc3n2)c(C)s1. The van der Waals surface area contributed by atoms with E-state index in [2.05, 4.69) is 53.1 Å². The number of thiazole rings is 1. The zero-order valence-corrected chi connectivity index (χ0v) is 12.9. The van der Waals surface area contributed by atoms with Crippen molar-refractivity contribution >= 4 is 27.6 Å². The van der Waals surface area contributed by atoms with Crippen molar-refractivity contribution in [3.8, 4) is 0 Å². The second-order valence-corrected chi connectivity index (χ2v) is 7.13. The maximum atomic E-state index is 4.59. The smallest absolute Gasteiger partial charge is 0.193 e. The zero-order chi connectivity index (χ0) is 13.4. The molecule has 3 nitrogen and oxygen atoms in total. The van der Waals surface area contributed by atoms with Crippen LogP contribution in [0.3, 0.4) is 0 Å². The van der Waals surface area contributed by atoms with Crippen LogP contribution in [-0.4, -0.2) is 9.38 Å². The van der Waals surface area contributed by atoms with Gasteiger partial charge in [-0.05, 0) is 32.4 Å². The van der Waals surface area contributed by atoms with Crippen LogP contribution in [0.25, 0.3) is 4.96 Å². The number of rotatable bonds is 4. The van der Waals surface area contributed by atoms with Gasteiger partial charge in [0.25, 0.3) is 0 Å². The number of imidazole rings is 1. The average molecular weight is 291 g/mol. The van der Waals surface area contributed by atoms with Gasteiger partial charge in [-0.2, -0.15) is 0 Å². The van der Waals surface area contributed by atoms with E-state index in [1.807, 2.05) is 17.5 Å². The van der Waals surface area contributed by atoms with Gasteiger partial charge < -0.3 is 5.32 Å². The summed E-state index contributed by atoms with van der Waals surface area (Å²) in [7, 11) is 0. The van der Waals surface area contributed by atoms with Crippen LogP contribution in [0.2, 0.25) is 0 Å². The molecule has 0 amide bonds. The third-order valence-electron chi connectivity index (χ3n) is 3.28. The lowest BCUT2D eigenvalue weighted by Gasteiger charge is -2.12. The van der Waals surface area contributed by atoms with E-state index in [1.54, 1.807) is 11.3 Å². The van der Waals surface area contributed by atoms with E-state index < -0.39 is 0 Å². The van der Waals surface area contributed by atoms with Gasteiger partial charge in [0.15, 0.2) is 4.96 Å². The minimum absolute atomic E-state index is 0.365. The van der Waals surface area contributed by atoms with Crippen molar-refractivity contribution in [3.05, 3.63) is 44.9 Å². The molecule has 3 aromatic rings. The van der Waals surface area contributed by atoms with Crippen LogP contribution >= 0.6 is 22.7 Å². The van der Waals surface area contributed by atoms with Gasteiger partial charge in [0.2, 0.25) is 0 Å². The molecule has 1 atom stereocenters. The molecule has 0 aliphatic carbocycles. The summed E-state index contributed by atoms with van der Waals surface area (Å²) in [6, 6.07) is 2.65. The summed E-state index contributed by atoms with van der Waals surface area (Å²) >= 11 is 3.54. The van der Waals surface area contributed by atoms with E-state index in [1.165, 1.54) is 15.3 Å². The Bertz CT molecular complexity index is 664. The van der Waals surface area contributed by atoms with E-state index in [0.29, 0.717) is 6.04 Å². The van der Waals surface area contributed by atoms with E-state index >= 15 is 0 Å². The number of nitrogens with zero attached hydrogens (tertiary/aromatic N) is 2. The molecule has 0 saturated carbocycles. The number of thiophene rings is 1. The predicted octanol–water partition coefficient (Wildman–Crippen LogP) is 3.92. The Morgan fingerprint density at radius 2 is 2.26 bits per heavy atom. The molecule has 0 aromatic carbocycles. The number of aryl methyl sites for hydroxylation is 2. The largest absolute Gasteiger partial charge is 0.304 e. The number of nitrogens with one attached hydrogen (secondary N) is 1. The minimum Gasteiger partial charge on any atom is -0.304 e. The van der Waals surface area contributed by atoms with Crippen molar-refractivity contribution in [2.75, 3.05) is 0 Å². The molecule has 100 valence electrons. The van der Waals surface area contributed by atoms with Gasteiger partial charge in [-0.1, -0.05) is 0 Å². The molecule has 0 saturated heterocycles. The summed E-state index contributed by atoms with van der Waals surface area (Å²) in [5.74, 6) is 0. The van der Waals surface area contributed by atoms with E-state index in [-0.39, 0.29) is 0 Å². The van der Waals surface area contributed by atoms with Gasteiger partial charge in [-0.3, -0.25) is 4.40 Å². The fourth-order valence-corrected chi connectivity index (χ4v) is 4.05. The van der Waals surface area contributed by atoms with E-state index in [4.69, 9.17) is 0 Å². The first kappa shape index (κ1) is 12.8. The van der Waals surface area contributed by atoms with Crippen LogP contribution in [0, 0.1) is 13.8 Å². The normalized spacial score (nSPS) is 13.2. The lowest BCUT2D eigenvalue weighted by atomic mass is 10.1. The highest BCUT2D eigenvalue weighted by Gasteiger charge is 2.11. The quantitative estimate of drug-likeness (QED) is 0.789. The first-order valence-electron chi connectivity index (χ1n) is 6.35. The number of hydrogen-bond donors (Lipinski definition) is 1. The highest BCUT2D eigenvalue weighted by atomic mass is 32.1. The van der Waals surface area contributed by atoms with Gasteiger partial charge >= 0.3 is 0 Å². The van der Waals surface area contributed by atoms with Crippen LogP contribution in [0.4, 0.5) is 0 Å². The summed E-state index contributed by atoms with van der Waals surface area (Å²) in [6.07, 6.45) is 4.14. The molecular weight excluding hydrogens is 274 g/mol. The van der Waals surface area contributed by atoms with Gasteiger partial charge in [-0.25, -0.2) is 4.98 Å². The topological polar surface area (TPSA) is 29.3 Å². The van der Waals surface area contributed by atoms with Crippen LogP contribution in [0.5, 0.6) is 0 Å². The molecule has 19 heavy (non-hydrogen) atoms. The Hall–Kier alpha value is -1.17. The third-order valence-corrected chi connectivity index (χ3v) is 5.03. The van der Waals surface area contributed by atoms with Crippen LogP contribution in [-0.2, 0) is 6.54 Å². The molecule has 5 heteroatoms. The molecule has 0 bridgehead atoms. The first-order chi connectivity index (χ1) is 9.13. The second-order valence-electron chi connectivity index (χ2n) is 4.80. The summed E-state index contributed by atoms with van der Waals surface area (Å²) in [5.41, 5.74) is 2.51. The van der Waals surface area contributed by atoms with Crippen molar-refractivity contribution in [2.45, 2.75) is 33.4 Å². The molecular formula is C14H17N3S2. The van der Waals surface area contributed by atoms with Crippen molar-refractivity contribution in [1.29, 1.82) is 0 Å². The van der Waals surface area contributed by atoms with Gasteiger partial charge in [0.05, 0.1) is 5.69 Å². The summed E-state index contributed by atoms with van der Waals surface area (Å²) in [6.45, 7) is 7.38. The Morgan fingerprint density at radius 3 is 2.95 bits per heavy atom. The number of fused-ring (bicyclic) bond motifs is 1. The number of aromatic nitrogens is 2. The Morgan fingerprint density at radius 1 is 1.42 bits per heavy atom. The molecule has 0 aliphatic rings.